The van der Waals surface area contributed by atoms with Gasteiger partial charge in [-0.15, -0.1) is 11.3 Å². The first-order valence-corrected chi connectivity index (χ1v) is 8.10. The highest BCUT2D eigenvalue weighted by atomic mass is 32.1. The van der Waals surface area contributed by atoms with Gasteiger partial charge in [0.15, 0.2) is 0 Å². The van der Waals surface area contributed by atoms with Crippen molar-refractivity contribution in [2.24, 2.45) is 5.73 Å². The topological polar surface area (TPSA) is 26.0 Å². The molecular weight excluding hydrogens is 269 g/mol. The molecule has 2 aromatic rings. The normalized spacial score (nSPS) is 16.6. The number of hydrogen-bond donors (Lipinski definition) is 1. The van der Waals surface area contributed by atoms with Crippen LogP contribution in [0.3, 0.4) is 0 Å². The zero-order valence-corrected chi connectivity index (χ0v) is 12.6. The van der Waals surface area contributed by atoms with Crippen LogP contribution in [0.4, 0.5) is 4.39 Å². The highest BCUT2D eigenvalue weighted by molar-refractivity contribution is 7.12. The molecule has 1 unspecified atom stereocenters. The lowest BCUT2D eigenvalue weighted by Gasteiger charge is -2.13. The van der Waals surface area contributed by atoms with Crippen LogP contribution >= 0.6 is 11.3 Å². The summed E-state index contributed by atoms with van der Waals surface area (Å²) in [6.07, 6.45) is 6.28. The molecule has 1 heterocycles. The van der Waals surface area contributed by atoms with Gasteiger partial charge in [0.1, 0.15) is 5.82 Å². The van der Waals surface area contributed by atoms with Crippen molar-refractivity contribution in [3.8, 4) is 0 Å². The van der Waals surface area contributed by atoms with Crippen LogP contribution in [0.1, 0.15) is 51.7 Å². The van der Waals surface area contributed by atoms with Gasteiger partial charge in [0, 0.05) is 9.75 Å². The maximum absolute atomic E-state index is 13.2. The predicted octanol–water partition coefficient (Wildman–Crippen LogP) is 4.51. The van der Waals surface area contributed by atoms with Crippen LogP contribution < -0.4 is 5.73 Å². The summed E-state index contributed by atoms with van der Waals surface area (Å²) < 4.78 is 13.2. The van der Waals surface area contributed by atoms with Gasteiger partial charge in [-0.3, -0.25) is 0 Å². The SMILES string of the molecule is Cc1cc(F)ccc1C(N)c1cc2c(s1)CCCCC2. The number of aryl methyl sites for hydroxylation is 3. The highest BCUT2D eigenvalue weighted by Gasteiger charge is 2.18. The number of hydrogen-bond acceptors (Lipinski definition) is 2. The second-order valence-electron chi connectivity index (χ2n) is 5.64. The van der Waals surface area contributed by atoms with E-state index in [0.717, 1.165) is 11.1 Å². The molecule has 2 N–H and O–H groups in total. The summed E-state index contributed by atoms with van der Waals surface area (Å²) >= 11 is 1.85. The average molecular weight is 289 g/mol. The number of thiophene rings is 1. The summed E-state index contributed by atoms with van der Waals surface area (Å²) in [6.45, 7) is 1.93. The van der Waals surface area contributed by atoms with E-state index in [1.807, 2.05) is 24.3 Å². The number of fused-ring (bicyclic) bond motifs is 1. The lowest BCUT2D eigenvalue weighted by Crippen LogP contribution is -2.12. The van der Waals surface area contributed by atoms with Gasteiger partial charge in [0.25, 0.3) is 0 Å². The Hall–Kier alpha value is -1.19. The molecule has 0 bridgehead atoms. The molecule has 0 saturated heterocycles. The molecular formula is C17H20FNS. The minimum Gasteiger partial charge on any atom is -0.320 e. The van der Waals surface area contributed by atoms with Gasteiger partial charge in [0.05, 0.1) is 6.04 Å². The molecule has 1 aliphatic rings. The standard InChI is InChI=1S/C17H20FNS/c1-11-9-13(18)7-8-14(11)17(19)16-10-12-5-3-2-4-6-15(12)20-16/h7-10,17H,2-6,19H2,1H3. The summed E-state index contributed by atoms with van der Waals surface area (Å²) in [7, 11) is 0. The predicted molar refractivity (Wildman–Crippen MR) is 82.7 cm³/mol. The minimum absolute atomic E-state index is 0.132. The Morgan fingerprint density at radius 3 is 2.75 bits per heavy atom. The van der Waals surface area contributed by atoms with Crippen molar-refractivity contribution >= 4 is 11.3 Å². The Morgan fingerprint density at radius 2 is 1.95 bits per heavy atom. The van der Waals surface area contributed by atoms with Crippen LogP contribution in [-0.4, -0.2) is 0 Å². The molecule has 3 heteroatoms. The Balaban J connectivity index is 1.92. The quantitative estimate of drug-likeness (QED) is 0.809. The van der Waals surface area contributed by atoms with Gasteiger partial charge in [-0.05, 0) is 67.5 Å². The van der Waals surface area contributed by atoms with E-state index in [1.54, 1.807) is 6.07 Å². The summed E-state index contributed by atoms with van der Waals surface area (Å²) in [5, 5.41) is 0. The molecule has 20 heavy (non-hydrogen) atoms. The third kappa shape index (κ3) is 2.65. The van der Waals surface area contributed by atoms with Gasteiger partial charge in [-0.2, -0.15) is 0 Å². The van der Waals surface area contributed by atoms with Crippen LogP contribution in [0.2, 0.25) is 0 Å². The van der Waals surface area contributed by atoms with E-state index in [4.69, 9.17) is 5.73 Å². The van der Waals surface area contributed by atoms with E-state index in [2.05, 4.69) is 6.07 Å². The molecule has 1 atom stereocenters. The Bertz CT molecular complexity index is 594. The lowest BCUT2D eigenvalue weighted by atomic mass is 10.00. The van der Waals surface area contributed by atoms with Crippen molar-refractivity contribution in [3.63, 3.8) is 0 Å². The molecule has 1 aromatic carbocycles. The smallest absolute Gasteiger partial charge is 0.123 e. The molecule has 1 aliphatic carbocycles. The minimum atomic E-state index is -0.194. The molecule has 0 radical (unpaired) electrons. The number of nitrogens with two attached hydrogens (primary N) is 1. The van der Waals surface area contributed by atoms with E-state index in [1.165, 1.54) is 53.5 Å². The Morgan fingerprint density at radius 1 is 1.15 bits per heavy atom. The van der Waals surface area contributed by atoms with Gasteiger partial charge in [-0.1, -0.05) is 12.5 Å². The monoisotopic (exact) mass is 289 g/mol. The fourth-order valence-corrected chi connectivity index (χ4v) is 4.26. The van der Waals surface area contributed by atoms with Crippen LogP contribution in [0.15, 0.2) is 24.3 Å². The average Bonchev–Trinajstić information content (AvgIpc) is 2.69. The van der Waals surface area contributed by atoms with Crippen LogP contribution in [0, 0.1) is 12.7 Å². The summed E-state index contributed by atoms with van der Waals surface area (Å²) in [5.41, 5.74) is 9.85. The molecule has 0 saturated carbocycles. The van der Waals surface area contributed by atoms with Crippen LogP contribution in [0.5, 0.6) is 0 Å². The molecule has 106 valence electrons. The van der Waals surface area contributed by atoms with Crippen molar-refractivity contribution in [3.05, 3.63) is 56.5 Å². The summed E-state index contributed by atoms with van der Waals surface area (Å²) in [6, 6.07) is 7.03. The van der Waals surface area contributed by atoms with Crippen LogP contribution in [-0.2, 0) is 12.8 Å². The zero-order chi connectivity index (χ0) is 14.1. The highest BCUT2D eigenvalue weighted by Crippen LogP contribution is 2.34. The fourth-order valence-electron chi connectivity index (χ4n) is 2.99. The van der Waals surface area contributed by atoms with E-state index < -0.39 is 0 Å². The Labute approximate surface area is 123 Å². The lowest BCUT2D eigenvalue weighted by molar-refractivity contribution is 0.625. The van der Waals surface area contributed by atoms with E-state index in [-0.39, 0.29) is 11.9 Å². The van der Waals surface area contributed by atoms with Crippen molar-refractivity contribution in [2.75, 3.05) is 0 Å². The molecule has 3 rings (SSSR count). The van der Waals surface area contributed by atoms with Gasteiger partial charge < -0.3 is 5.73 Å². The number of rotatable bonds is 2. The third-order valence-corrected chi connectivity index (χ3v) is 5.46. The van der Waals surface area contributed by atoms with E-state index >= 15 is 0 Å². The van der Waals surface area contributed by atoms with Crippen molar-refractivity contribution in [1.29, 1.82) is 0 Å². The first-order valence-electron chi connectivity index (χ1n) is 7.28. The molecule has 0 amide bonds. The maximum atomic E-state index is 13.2. The number of halogens is 1. The summed E-state index contributed by atoms with van der Waals surface area (Å²) in [4.78, 5) is 2.72. The molecule has 0 fully saturated rings. The number of benzene rings is 1. The van der Waals surface area contributed by atoms with Crippen molar-refractivity contribution in [2.45, 2.75) is 45.1 Å². The molecule has 0 aliphatic heterocycles. The molecule has 0 spiro atoms. The van der Waals surface area contributed by atoms with Crippen molar-refractivity contribution < 1.29 is 4.39 Å². The maximum Gasteiger partial charge on any atom is 0.123 e. The largest absolute Gasteiger partial charge is 0.320 e. The molecule has 1 nitrogen and oxygen atoms in total. The third-order valence-electron chi connectivity index (χ3n) is 4.14. The van der Waals surface area contributed by atoms with Gasteiger partial charge >= 0.3 is 0 Å². The Kier molecular flexibility index (Phi) is 3.90. The second kappa shape index (κ2) is 5.66. The first kappa shape index (κ1) is 13.8. The van der Waals surface area contributed by atoms with E-state index in [0.29, 0.717) is 0 Å². The second-order valence-corrected chi connectivity index (χ2v) is 6.80. The zero-order valence-electron chi connectivity index (χ0n) is 11.8. The van der Waals surface area contributed by atoms with E-state index in [9.17, 15) is 4.39 Å². The molecule has 1 aromatic heterocycles. The fraction of sp³-hybridized carbons (Fsp3) is 0.412. The van der Waals surface area contributed by atoms with Gasteiger partial charge in [-0.25, -0.2) is 4.39 Å². The first-order chi connectivity index (χ1) is 9.65. The van der Waals surface area contributed by atoms with Crippen molar-refractivity contribution in [1.82, 2.24) is 0 Å². The van der Waals surface area contributed by atoms with Crippen LogP contribution in [0.25, 0.3) is 0 Å². The summed E-state index contributed by atoms with van der Waals surface area (Å²) in [5.74, 6) is -0.194. The van der Waals surface area contributed by atoms with Gasteiger partial charge in [0.2, 0.25) is 0 Å².